The SMILES string of the molecule is CNS(=O)(=O)c1ccc(CCC(=O)Nc2cc(C)nn2-c2ccccc2C(F)(F)F)cc1. The minimum absolute atomic E-state index is 0.0449. The number of sulfonamides is 1. The molecule has 0 fully saturated rings. The standard InChI is InChI=1S/C21H21F3N4O3S/c1-14-13-19(28(27-14)18-6-4-3-5-17(18)21(22,23)24)26-20(29)12-9-15-7-10-16(11-8-15)32(30,31)25-2/h3-8,10-11,13,25H,9,12H2,1-2H3,(H,26,29). The molecular formula is C21H21F3N4O3S. The van der Waals surface area contributed by atoms with Gasteiger partial charge in [-0.05, 0) is 50.2 Å². The van der Waals surface area contributed by atoms with Crippen molar-refractivity contribution in [1.29, 1.82) is 0 Å². The average Bonchev–Trinajstić information content (AvgIpc) is 3.11. The van der Waals surface area contributed by atoms with Crippen LogP contribution in [0.25, 0.3) is 5.69 Å². The van der Waals surface area contributed by atoms with Gasteiger partial charge in [-0.15, -0.1) is 0 Å². The molecule has 0 aliphatic rings. The van der Waals surface area contributed by atoms with Gasteiger partial charge in [0.2, 0.25) is 15.9 Å². The molecule has 0 unspecified atom stereocenters. The molecule has 1 aromatic heterocycles. The molecule has 0 radical (unpaired) electrons. The molecule has 0 saturated carbocycles. The second-order valence-corrected chi connectivity index (χ2v) is 8.88. The number of hydrogen-bond donors (Lipinski definition) is 2. The Labute approximate surface area is 183 Å². The highest BCUT2D eigenvalue weighted by molar-refractivity contribution is 7.89. The molecule has 0 aliphatic heterocycles. The lowest BCUT2D eigenvalue weighted by atomic mass is 10.1. The number of carbonyl (C=O) groups is 1. The smallest absolute Gasteiger partial charge is 0.311 e. The largest absolute Gasteiger partial charge is 0.418 e. The number of hydrogen-bond acceptors (Lipinski definition) is 4. The van der Waals surface area contributed by atoms with Crippen molar-refractivity contribution in [1.82, 2.24) is 14.5 Å². The fourth-order valence-electron chi connectivity index (χ4n) is 3.09. The van der Waals surface area contributed by atoms with Crippen LogP contribution in [0, 0.1) is 6.92 Å². The molecule has 2 N–H and O–H groups in total. The van der Waals surface area contributed by atoms with Gasteiger partial charge in [0.05, 0.1) is 21.8 Å². The van der Waals surface area contributed by atoms with Crippen molar-refractivity contribution >= 4 is 21.7 Å². The maximum atomic E-state index is 13.4. The second kappa shape index (κ2) is 9.13. The Bertz CT molecular complexity index is 1220. The van der Waals surface area contributed by atoms with E-state index >= 15 is 0 Å². The molecule has 3 rings (SSSR count). The monoisotopic (exact) mass is 466 g/mol. The van der Waals surface area contributed by atoms with Crippen molar-refractivity contribution in [3.63, 3.8) is 0 Å². The molecule has 0 atom stereocenters. The number of rotatable bonds is 7. The van der Waals surface area contributed by atoms with Crippen molar-refractivity contribution in [2.45, 2.75) is 30.8 Å². The van der Waals surface area contributed by atoms with Crippen LogP contribution in [0.2, 0.25) is 0 Å². The summed E-state index contributed by atoms with van der Waals surface area (Å²) in [6, 6.07) is 12.6. The maximum absolute atomic E-state index is 13.4. The second-order valence-electron chi connectivity index (χ2n) is 7.00. The average molecular weight is 466 g/mol. The number of nitrogens with zero attached hydrogens (tertiary/aromatic N) is 2. The number of anilines is 1. The summed E-state index contributed by atoms with van der Waals surface area (Å²) in [5, 5.41) is 6.72. The quantitative estimate of drug-likeness (QED) is 0.556. The van der Waals surface area contributed by atoms with E-state index in [-0.39, 0.29) is 22.8 Å². The summed E-state index contributed by atoms with van der Waals surface area (Å²) >= 11 is 0. The van der Waals surface area contributed by atoms with Crippen molar-refractivity contribution in [3.8, 4) is 5.69 Å². The molecule has 170 valence electrons. The van der Waals surface area contributed by atoms with Crippen LogP contribution in [0.5, 0.6) is 0 Å². The van der Waals surface area contributed by atoms with E-state index < -0.39 is 27.7 Å². The Hall–Kier alpha value is -3.18. The fourth-order valence-corrected chi connectivity index (χ4v) is 3.82. The summed E-state index contributed by atoms with van der Waals surface area (Å²) in [6.07, 6.45) is -4.22. The Morgan fingerprint density at radius 3 is 2.38 bits per heavy atom. The number of amides is 1. The molecule has 0 aliphatic carbocycles. The summed E-state index contributed by atoms with van der Waals surface area (Å²) in [5.41, 5.74) is 0.126. The molecule has 0 saturated heterocycles. The highest BCUT2D eigenvalue weighted by atomic mass is 32.2. The van der Waals surface area contributed by atoms with Crippen molar-refractivity contribution in [2.24, 2.45) is 0 Å². The van der Waals surface area contributed by atoms with Gasteiger partial charge in [-0.1, -0.05) is 24.3 Å². The molecule has 0 bridgehead atoms. The van der Waals surface area contributed by atoms with E-state index in [0.29, 0.717) is 12.1 Å². The number of alkyl halides is 3. The molecule has 11 heteroatoms. The Balaban J connectivity index is 1.74. The lowest BCUT2D eigenvalue weighted by Gasteiger charge is -2.15. The van der Waals surface area contributed by atoms with Crippen LogP contribution in [0.3, 0.4) is 0 Å². The summed E-state index contributed by atoms with van der Waals surface area (Å²) in [7, 11) is -2.24. The highest BCUT2D eigenvalue weighted by Crippen LogP contribution is 2.34. The Morgan fingerprint density at radius 2 is 1.75 bits per heavy atom. The van der Waals surface area contributed by atoms with Crippen LogP contribution in [-0.2, 0) is 27.4 Å². The lowest BCUT2D eigenvalue weighted by molar-refractivity contribution is -0.137. The Morgan fingerprint density at radius 1 is 1.09 bits per heavy atom. The summed E-state index contributed by atoms with van der Waals surface area (Å²) < 4.78 is 67.0. The van der Waals surface area contributed by atoms with Gasteiger partial charge in [0.25, 0.3) is 0 Å². The zero-order valence-electron chi connectivity index (χ0n) is 17.3. The normalized spacial score (nSPS) is 12.0. The van der Waals surface area contributed by atoms with Crippen LogP contribution in [0.15, 0.2) is 59.5 Å². The van der Waals surface area contributed by atoms with E-state index in [1.807, 2.05) is 0 Å². The molecular weight excluding hydrogens is 445 g/mol. The van der Waals surface area contributed by atoms with Crippen molar-refractivity contribution in [3.05, 3.63) is 71.4 Å². The first-order valence-electron chi connectivity index (χ1n) is 9.57. The van der Waals surface area contributed by atoms with E-state index in [9.17, 15) is 26.4 Å². The number of halogens is 3. The van der Waals surface area contributed by atoms with Crippen LogP contribution in [0.1, 0.15) is 23.2 Å². The summed E-state index contributed by atoms with van der Waals surface area (Å²) in [6.45, 7) is 1.61. The van der Waals surface area contributed by atoms with E-state index in [0.717, 1.165) is 16.3 Å². The lowest BCUT2D eigenvalue weighted by Crippen LogP contribution is -2.18. The summed E-state index contributed by atoms with van der Waals surface area (Å²) in [4.78, 5) is 12.6. The molecule has 1 amide bonds. The van der Waals surface area contributed by atoms with Gasteiger partial charge in [-0.3, -0.25) is 4.79 Å². The molecule has 1 heterocycles. The van der Waals surface area contributed by atoms with E-state index in [1.54, 1.807) is 19.1 Å². The third kappa shape index (κ3) is 5.35. The van der Waals surface area contributed by atoms with Crippen LogP contribution in [0.4, 0.5) is 19.0 Å². The van der Waals surface area contributed by atoms with E-state index in [2.05, 4.69) is 15.1 Å². The van der Waals surface area contributed by atoms with Gasteiger partial charge in [-0.25, -0.2) is 17.8 Å². The molecule has 2 aromatic carbocycles. The van der Waals surface area contributed by atoms with Gasteiger partial charge in [0.15, 0.2) is 0 Å². The number of benzene rings is 2. The van der Waals surface area contributed by atoms with E-state index in [1.165, 1.54) is 43.4 Å². The van der Waals surface area contributed by atoms with Gasteiger partial charge in [0.1, 0.15) is 5.82 Å². The zero-order valence-corrected chi connectivity index (χ0v) is 18.1. The van der Waals surface area contributed by atoms with Crippen LogP contribution >= 0.6 is 0 Å². The predicted molar refractivity (Wildman–Crippen MR) is 113 cm³/mol. The van der Waals surface area contributed by atoms with Gasteiger partial charge < -0.3 is 5.32 Å². The minimum atomic E-state index is -4.58. The van der Waals surface area contributed by atoms with Gasteiger partial charge in [-0.2, -0.15) is 18.3 Å². The molecule has 3 aromatic rings. The first kappa shape index (κ1) is 23.5. The number of para-hydroxylation sites is 1. The van der Waals surface area contributed by atoms with Crippen molar-refractivity contribution in [2.75, 3.05) is 12.4 Å². The number of aryl methyl sites for hydroxylation is 2. The number of carbonyl (C=O) groups excluding carboxylic acids is 1. The Kier molecular flexibility index (Phi) is 6.70. The first-order valence-corrected chi connectivity index (χ1v) is 11.0. The molecule has 7 nitrogen and oxygen atoms in total. The van der Waals surface area contributed by atoms with E-state index in [4.69, 9.17) is 0 Å². The molecule has 0 spiro atoms. The zero-order chi connectivity index (χ0) is 23.5. The van der Waals surface area contributed by atoms with Crippen LogP contribution in [-0.4, -0.2) is 31.2 Å². The highest BCUT2D eigenvalue weighted by Gasteiger charge is 2.34. The summed E-state index contributed by atoms with van der Waals surface area (Å²) in [5.74, 6) is -0.290. The molecule has 32 heavy (non-hydrogen) atoms. The van der Waals surface area contributed by atoms with Gasteiger partial charge >= 0.3 is 6.18 Å². The minimum Gasteiger partial charge on any atom is -0.311 e. The van der Waals surface area contributed by atoms with Crippen molar-refractivity contribution < 1.29 is 26.4 Å². The fraction of sp³-hybridized carbons (Fsp3) is 0.238. The number of nitrogens with one attached hydrogen (secondary N) is 2. The van der Waals surface area contributed by atoms with Gasteiger partial charge in [0, 0.05) is 12.5 Å². The maximum Gasteiger partial charge on any atom is 0.418 e. The third-order valence-electron chi connectivity index (χ3n) is 4.68. The topological polar surface area (TPSA) is 93.1 Å². The first-order chi connectivity index (χ1) is 15.0. The van der Waals surface area contributed by atoms with Crippen LogP contribution < -0.4 is 10.0 Å². The third-order valence-corrected chi connectivity index (χ3v) is 6.11. The predicted octanol–water partition coefficient (Wildman–Crippen LogP) is 3.68. The number of aromatic nitrogens is 2.